The summed E-state index contributed by atoms with van der Waals surface area (Å²) in [6, 6.07) is 37.0. The van der Waals surface area contributed by atoms with Gasteiger partial charge in [-0.15, -0.1) is 0 Å². The van der Waals surface area contributed by atoms with Gasteiger partial charge in [0.2, 0.25) is 11.4 Å². The van der Waals surface area contributed by atoms with Crippen molar-refractivity contribution in [1.82, 2.24) is 0 Å². The van der Waals surface area contributed by atoms with Crippen molar-refractivity contribution in [2.24, 2.45) is 9.98 Å². The van der Waals surface area contributed by atoms with E-state index in [1.807, 2.05) is 61.0 Å². The van der Waals surface area contributed by atoms with Crippen LogP contribution < -0.4 is 19.3 Å². The molecule has 0 N–H and O–H groups in total. The van der Waals surface area contributed by atoms with Gasteiger partial charge in [0.15, 0.2) is 0 Å². The van der Waals surface area contributed by atoms with E-state index < -0.39 is 22.3 Å². The van der Waals surface area contributed by atoms with Gasteiger partial charge in [-0.2, -0.15) is 0 Å². The lowest BCUT2D eigenvalue weighted by Crippen LogP contribution is -2.63. The van der Waals surface area contributed by atoms with E-state index in [1.165, 1.54) is 0 Å². The van der Waals surface area contributed by atoms with Crippen molar-refractivity contribution in [3.63, 3.8) is 0 Å². The fourth-order valence-electron chi connectivity index (χ4n) is 9.31. The SMILES string of the molecule is CC1(C)c2cc(Cl)ccc2N(CCOCCN2c3ccc(Cl)cc3C(C)(C)C23C=Nc2c(ccc4ccccc24)O3)C12C=Nc1c(ccc3ccccc13)O2. The van der Waals surface area contributed by atoms with Crippen LogP contribution in [0.4, 0.5) is 22.7 Å². The Morgan fingerprint density at radius 2 is 1.00 bits per heavy atom. The van der Waals surface area contributed by atoms with Gasteiger partial charge in [0.1, 0.15) is 22.9 Å². The lowest BCUT2D eigenvalue weighted by Gasteiger charge is -2.46. The highest BCUT2D eigenvalue weighted by Gasteiger charge is 2.61. The molecule has 6 aromatic carbocycles. The second-order valence-electron chi connectivity index (χ2n) is 15.9. The van der Waals surface area contributed by atoms with E-state index in [9.17, 15) is 0 Å². The van der Waals surface area contributed by atoms with Crippen molar-refractivity contribution < 1.29 is 14.2 Å². The van der Waals surface area contributed by atoms with Gasteiger partial charge >= 0.3 is 0 Å². The van der Waals surface area contributed by atoms with Gasteiger partial charge in [0.25, 0.3) is 0 Å². The minimum atomic E-state index is -0.899. The van der Waals surface area contributed by atoms with Gasteiger partial charge in [-0.05, 0) is 98.1 Å². The van der Waals surface area contributed by atoms with Gasteiger partial charge in [0, 0.05) is 45.3 Å². The third-order valence-corrected chi connectivity index (χ3v) is 12.8. The molecule has 0 fully saturated rings. The van der Waals surface area contributed by atoms with E-state index in [4.69, 9.17) is 47.4 Å². The maximum Gasteiger partial charge on any atom is 0.228 e. The van der Waals surface area contributed by atoms with Crippen LogP contribution in [-0.4, -0.2) is 50.2 Å². The Morgan fingerprint density at radius 1 is 0.564 bits per heavy atom. The molecule has 2 atom stereocenters. The molecule has 4 aliphatic heterocycles. The molecule has 55 heavy (non-hydrogen) atoms. The molecule has 0 saturated carbocycles. The number of anilines is 2. The van der Waals surface area contributed by atoms with Gasteiger partial charge < -0.3 is 24.0 Å². The fourth-order valence-corrected chi connectivity index (χ4v) is 9.66. The summed E-state index contributed by atoms with van der Waals surface area (Å²) < 4.78 is 20.8. The first-order chi connectivity index (χ1) is 26.5. The maximum absolute atomic E-state index is 7.11. The molecular formula is C46H40Cl2N4O3. The molecule has 0 saturated heterocycles. The zero-order valence-corrected chi connectivity index (χ0v) is 32.7. The Hall–Kier alpha value is -5.08. The summed E-state index contributed by atoms with van der Waals surface area (Å²) in [5.74, 6) is 1.51. The van der Waals surface area contributed by atoms with Crippen LogP contribution in [0.2, 0.25) is 10.0 Å². The molecule has 2 spiro atoms. The molecule has 0 radical (unpaired) electrons. The lowest BCUT2D eigenvalue weighted by atomic mass is 9.77. The van der Waals surface area contributed by atoms with Crippen molar-refractivity contribution in [3.8, 4) is 11.5 Å². The van der Waals surface area contributed by atoms with Crippen molar-refractivity contribution in [3.05, 3.63) is 130 Å². The monoisotopic (exact) mass is 766 g/mol. The molecular weight excluding hydrogens is 727 g/mol. The van der Waals surface area contributed by atoms with Crippen LogP contribution in [0.5, 0.6) is 11.5 Å². The van der Waals surface area contributed by atoms with E-state index in [2.05, 4.69) is 98.2 Å². The smallest absolute Gasteiger partial charge is 0.228 e. The zero-order valence-electron chi connectivity index (χ0n) is 31.1. The Bertz CT molecular complexity index is 2440. The molecule has 6 aromatic rings. The topological polar surface area (TPSA) is 58.9 Å². The number of hydrogen-bond acceptors (Lipinski definition) is 7. The summed E-state index contributed by atoms with van der Waals surface area (Å²) in [5, 5.41) is 5.75. The van der Waals surface area contributed by atoms with Gasteiger partial charge in [-0.1, -0.05) is 83.9 Å². The van der Waals surface area contributed by atoms with Crippen LogP contribution in [-0.2, 0) is 15.6 Å². The molecule has 9 heteroatoms. The number of benzene rings is 6. The minimum absolute atomic E-state index is 0.448. The highest BCUT2D eigenvalue weighted by atomic mass is 35.5. The molecule has 276 valence electrons. The predicted molar refractivity (Wildman–Crippen MR) is 225 cm³/mol. The molecule has 4 heterocycles. The van der Waals surface area contributed by atoms with E-state index in [0.717, 1.165) is 66.9 Å². The van der Waals surface area contributed by atoms with Crippen LogP contribution in [0.3, 0.4) is 0 Å². The van der Waals surface area contributed by atoms with Crippen molar-refractivity contribution >= 4 is 79.9 Å². The molecule has 0 amide bonds. The number of rotatable bonds is 6. The van der Waals surface area contributed by atoms with Crippen LogP contribution >= 0.6 is 23.2 Å². The first-order valence-corrected chi connectivity index (χ1v) is 19.5. The molecule has 2 unspecified atom stereocenters. The van der Waals surface area contributed by atoms with Crippen LogP contribution in [0.1, 0.15) is 38.8 Å². The summed E-state index contributed by atoms with van der Waals surface area (Å²) in [4.78, 5) is 14.8. The van der Waals surface area contributed by atoms with Gasteiger partial charge in [0.05, 0.1) is 36.5 Å². The largest absolute Gasteiger partial charge is 0.459 e. The number of fused-ring (bicyclic) bond motifs is 8. The number of ether oxygens (including phenoxy) is 3. The first kappa shape index (κ1) is 34.4. The summed E-state index contributed by atoms with van der Waals surface area (Å²) in [5.41, 5.74) is 3.23. The van der Waals surface area contributed by atoms with Crippen LogP contribution in [0, 0.1) is 0 Å². The number of halogens is 2. The second kappa shape index (κ2) is 12.2. The highest BCUT2D eigenvalue weighted by Crippen LogP contribution is 2.57. The number of nitrogens with zero attached hydrogens (tertiary/aromatic N) is 4. The zero-order chi connectivity index (χ0) is 37.7. The van der Waals surface area contributed by atoms with E-state index in [1.54, 1.807) is 0 Å². The summed E-state index contributed by atoms with van der Waals surface area (Å²) in [6.07, 6.45) is 3.96. The molecule has 0 aromatic heterocycles. The fraction of sp³-hybridized carbons (Fsp3) is 0.261. The summed E-state index contributed by atoms with van der Waals surface area (Å²) in [7, 11) is 0. The molecule has 10 rings (SSSR count). The van der Waals surface area contributed by atoms with Crippen molar-refractivity contribution in [1.29, 1.82) is 0 Å². The van der Waals surface area contributed by atoms with Crippen LogP contribution in [0.15, 0.2) is 119 Å². The Morgan fingerprint density at radius 3 is 1.45 bits per heavy atom. The molecule has 0 aliphatic carbocycles. The first-order valence-electron chi connectivity index (χ1n) is 18.8. The molecule has 7 nitrogen and oxygen atoms in total. The quantitative estimate of drug-likeness (QED) is 0.158. The number of hydrogen-bond donors (Lipinski definition) is 0. The van der Waals surface area contributed by atoms with Gasteiger partial charge in [-0.3, -0.25) is 9.98 Å². The lowest BCUT2D eigenvalue weighted by molar-refractivity contribution is 0.0585. The Balaban J connectivity index is 0.935. The standard InChI is InChI=1S/C46H40Cl2N4O3/c1-43(2)35-25-31(47)15-17-37(35)51(45(43)27-49-41-33-11-7-5-9-29(33)13-19-39(41)54-45)21-23-53-24-22-52-38-18-16-32(48)26-36(38)44(3,4)46(52)28-50-42-34-12-8-6-10-30(34)14-20-40(42)55-46/h5-20,25-28H,21-24H2,1-4H3. The highest BCUT2D eigenvalue weighted by molar-refractivity contribution is 6.31. The van der Waals surface area contributed by atoms with Crippen molar-refractivity contribution in [2.45, 2.75) is 50.0 Å². The Labute approximate surface area is 330 Å². The maximum atomic E-state index is 7.11. The van der Waals surface area contributed by atoms with E-state index in [-0.39, 0.29) is 0 Å². The average molecular weight is 768 g/mol. The second-order valence-corrected chi connectivity index (χ2v) is 16.7. The van der Waals surface area contributed by atoms with Crippen molar-refractivity contribution in [2.75, 3.05) is 36.1 Å². The van der Waals surface area contributed by atoms with Gasteiger partial charge in [-0.25, -0.2) is 0 Å². The van der Waals surface area contributed by atoms with E-state index >= 15 is 0 Å². The number of aliphatic imine (C=N–C) groups is 2. The Kier molecular flexibility index (Phi) is 7.64. The summed E-state index contributed by atoms with van der Waals surface area (Å²) >= 11 is 13.2. The average Bonchev–Trinajstić information content (AvgIpc) is 3.47. The normalized spacial score (nSPS) is 22.1. The molecule has 0 bridgehead atoms. The molecule has 4 aliphatic rings. The third kappa shape index (κ3) is 4.86. The predicted octanol–water partition coefficient (Wildman–Crippen LogP) is 11.2. The van der Waals surface area contributed by atoms with Crippen LogP contribution in [0.25, 0.3) is 21.5 Å². The summed E-state index contributed by atoms with van der Waals surface area (Å²) in [6.45, 7) is 10.8. The third-order valence-electron chi connectivity index (χ3n) is 12.4. The van der Waals surface area contributed by atoms with E-state index in [0.29, 0.717) is 36.3 Å². The minimum Gasteiger partial charge on any atom is -0.459 e.